The Hall–Kier alpha value is -1.63. The highest BCUT2D eigenvalue weighted by molar-refractivity contribution is 7.94. The van der Waals surface area contributed by atoms with Crippen LogP contribution in [0.2, 0.25) is 0 Å². The minimum Gasteiger partial charge on any atom is -0.442 e. The fourth-order valence-corrected chi connectivity index (χ4v) is 4.33. The van der Waals surface area contributed by atoms with Crippen LogP contribution in [0.5, 0.6) is 0 Å². The second kappa shape index (κ2) is 6.47. The average molecular weight is 342 g/mol. The fourth-order valence-electron chi connectivity index (χ4n) is 2.42. The third-order valence-corrected chi connectivity index (χ3v) is 5.71. The quantitative estimate of drug-likeness (QED) is 0.902. The average Bonchev–Trinajstić information content (AvgIpc) is 2.82. The standard InChI is InChI=1S/C16H23FN2O3S/c1-5-8-23(21,19-15(20)22-16(2,3)4)14-10-13-11(6-7-18-13)9-12(14)17/h9-10,18H,5-8H2,1-4H3. The van der Waals surface area contributed by atoms with Gasteiger partial charge in [0.2, 0.25) is 0 Å². The van der Waals surface area contributed by atoms with Crippen LogP contribution in [-0.4, -0.2) is 28.2 Å². The van der Waals surface area contributed by atoms with Crippen molar-refractivity contribution < 1.29 is 18.1 Å². The Morgan fingerprint density at radius 3 is 2.74 bits per heavy atom. The van der Waals surface area contributed by atoms with Gasteiger partial charge in [0, 0.05) is 18.0 Å². The van der Waals surface area contributed by atoms with Gasteiger partial charge in [-0.25, -0.2) is 13.4 Å². The van der Waals surface area contributed by atoms with E-state index in [1.807, 2.05) is 6.92 Å². The molecule has 2 rings (SSSR count). The van der Waals surface area contributed by atoms with Crippen LogP contribution in [0.25, 0.3) is 0 Å². The molecule has 1 aromatic carbocycles. The van der Waals surface area contributed by atoms with Crippen molar-refractivity contribution in [1.29, 1.82) is 0 Å². The first-order chi connectivity index (χ1) is 10.6. The van der Waals surface area contributed by atoms with Crippen molar-refractivity contribution in [3.63, 3.8) is 0 Å². The Balaban J connectivity index is 2.49. The second-order valence-corrected chi connectivity index (χ2v) is 8.84. The molecule has 128 valence electrons. The van der Waals surface area contributed by atoms with Gasteiger partial charge in [-0.3, -0.25) is 0 Å². The highest BCUT2D eigenvalue weighted by Gasteiger charge is 2.24. The molecule has 23 heavy (non-hydrogen) atoms. The largest absolute Gasteiger partial charge is 0.442 e. The van der Waals surface area contributed by atoms with E-state index in [1.165, 1.54) is 12.1 Å². The number of hydrogen-bond acceptors (Lipinski definition) is 4. The Labute approximate surface area is 136 Å². The minimum atomic E-state index is -3.21. The summed E-state index contributed by atoms with van der Waals surface area (Å²) in [4.78, 5) is 11.9. The molecular weight excluding hydrogens is 319 g/mol. The number of carbonyl (C=O) groups excluding carboxylic acids is 1. The van der Waals surface area contributed by atoms with Crippen molar-refractivity contribution in [2.75, 3.05) is 17.6 Å². The van der Waals surface area contributed by atoms with E-state index in [1.54, 1.807) is 20.8 Å². The van der Waals surface area contributed by atoms with Gasteiger partial charge >= 0.3 is 6.09 Å². The molecule has 0 bridgehead atoms. The normalized spacial score (nSPS) is 16.2. The number of amides is 1. The lowest BCUT2D eigenvalue weighted by Crippen LogP contribution is -2.23. The maximum Gasteiger partial charge on any atom is 0.442 e. The van der Waals surface area contributed by atoms with Crippen LogP contribution < -0.4 is 5.32 Å². The van der Waals surface area contributed by atoms with Gasteiger partial charge in [-0.1, -0.05) is 6.92 Å². The molecule has 1 amide bonds. The van der Waals surface area contributed by atoms with Crippen molar-refractivity contribution in [2.45, 2.75) is 51.0 Å². The molecule has 0 saturated heterocycles. The first kappa shape index (κ1) is 17.7. The number of fused-ring (bicyclic) bond motifs is 1. The van der Waals surface area contributed by atoms with E-state index in [0.29, 0.717) is 6.42 Å². The van der Waals surface area contributed by atoms with Crippen molar-refractivity contribution in [1.82, 2.24) is 0 Å². The number of ether oxygens (including phenoxy) is 1. The van der Waals surface area contributed by atoms with Crippen molar-refractivity contribution >= 4 is 21.5 Å². The Kier molecular flexibility index (Phi) is 4.98. The molecule has 1 atom stereocenters. The summed E-state index contributed by atoms with van der Waals surface area (Å²) in [7, 11) is -3.21. The zero-order valence-corrected chi connectivity index (χ0v) is 14.8. The number of benzene rings is 1. The highest BCUT2D eigenvalue weighted by Crippen LogP contribution is 2.30. The molecule has 1 aliphatic rings. The SMILES string of the molecule is CCCS(=O)(=NC(=O)OC(C)(C)C)c1cc2c(cc1F)CCN2. The van der Waals surface area contributed by atoms with E-state index in [-0.39, 0.29) is 10.6 Å². The van der Waals surface area contributed by atoms with Gasteiger partial charge in [0.1, 0.15) is 11.4 Å². The van der Waals surface area contributed by atoms with E-state index in [4.69, 9.17) is 4.74 Å². The first-order valence-electron chi connectivity index (χ1n) is 7.69. The summed E-state index contributed by atoms with van der Waals surface area (Å²) in [6, 6.07) is 2.90. The number of hydrogen-bond donors (Lipinski definition) is 1. The maximum atomic E-state index is 14.4. The topological polar surface area (TPSA) is 67.8 Å². The van der Waals surface area contributed by atoms with Crippen molar-refractivity contribution in [3.05, 3.63) is 23.5 Å². The summed E-state index contributed by atoms with van der Waals surface area (Å²) in [6.45, 7) is 7.62. The number of anilines is 1. The lowest BCUT2D eigenvalue weighted by atomic mass is 10.2. The molecule has 0 aliphatic carbocycles. The number of carbonyl (C=O) groups is 1. The van der Waals surface area contributed by atoms with Crippen LogP contribution in [-0.2, 0) is 20.9 Å². The van der Waals surface area contributed by atoms with Crippen LogP contribution in [0.15, 0.2) is 21.4 Å². The lowest BCUT2D eigenvalue weighted by Gasteiger charge is -2.18. The van der Waals surface area contributed by atoms with Crippen LogP contribution in [0.1, 0.15) is 39.7 Å². The van der Waals surface area contributed by atoms with Crippen molar-refractivity contribution in [3.8, 4) is 0 Å². The molecule has 0 fully saturated rings. The van der Waals surface area contributed by atoms with Crippen LogP contribution in [0.3, 0.4) is 0 Å². The Bertz CT molecular complexity index is 732. The molecule has 5 nitrogen and oxygen atoms in total. The molecule has 0 spiro atoms. The van der Waals surface area contributed by atoms with Gasteiger partial charge in [-0.2, -0.15) is 0 Å². The van der Waals surface area contributed by atoms with E-state index in [0.717, 1.165) is 24.2 Å². The molecule has 0 aromatic heterocycles. The Morgan fingerprint density at radius 1 is 1.43 bits per heavy atom. The summed E-state index contributed by atoms with van der Waals surface area (Å²) in [5.74, 6) is -0.486. The molecule has 1 aliphatic heterocycles. The summed E-state index contributed by atoms with van der Waals surface area (Å²) in [5, 5.41) is 3.12. The van der Waals surface area contributed by atoms with Crippen molar-refractivity contribution in [2.24, 2.45) is 4.36 Å². The lowest BCUT2D eigenvalue weighted by molar-refractivity contribution is 0.0607. The number of nitrogens with zero attached hydrogens (tertiary/aromatic N) is 1. The fraction of sp³-hybridized carbons (Fsp3) is 0.562. The van der Waals surface area contributed by atoms with Gasteiger partial charge < -0.3 is 10.1 Å². The monoisotopic (exact) mass is 342 g/mol. The molecular formula is C16H23FN2O3S. The third kappa shape index (κ3) is 4.22. The predicted octanol–water partition coefficient (Wildman–Crippen LogP) is 3.97. The highest BCUT2D eigenvalue weighted by atomic mass is 32.2. The molecule has 1 aromatic rings. The van der Waals surface area contributed by atoms with Gasteiger partial charge in [-0.05, 0) is 51.3 Å². The Morgan fingerprint density at radius 2 is 2.13 bits per heavy atom. The van der Waals surface area contributed by atoms with Gasteiger partial charge in [-0.15, -0.1) is 4.36 Å². The molecule has 1 unspecified atom stereocenters. The summed E-state index contributed by atoms with van der Waals surface area (Å²) < 4.78 is 36.5. The van der Waals surface area contributed by atoms with E-state index >= 15 is 0 Å². The molecule has 0 radical (unpaired) electrons. The first-order valence-corrected chi connectivity index (χ1v) is 9.37. The van der Waals surface area contributed by atoms with E-state index in [2.05, 4.69) is 9.68 Å². The van der Waals surface area contributed by atoms with Gasteiger partial charge in [0.25, 0.3) is 0 Å². The second-order valence-electron chi connectivity index (χ2n) is 6.53. The molecule has 0 saturated carbocycles. The third-order valence-electron chi connectivity index (χ3n) is 3.31. The number of nitrogens with one attached hydrogen (secondary N) is 1. The van der Waals surface area contributed by atoms with Gasteiger partial charge in [0.05, 0.1) is 14.6 Å². The summed E-state index contributed by atoms with van der Waals surface area (Å²) in [5.41, 5.74) is 0.858. The maximum absolute atomic E-state index is 14.4. The molecule has 7 heteroatoms. The van der Waals surface area contributed by atoms with E-state index in [9.17, 15) is 13.4 Å². The predicted molar refractivity (Wildman–Crippen MR) is 88.8 cm³/mol. The minimum absolute atomic E-state index is 0.0293. The van der Waals surface area contributed by atoms with E-state index < -0.39 is 27.2 Å². The van der Waals surface area contributed by atoms with Gasteiger partial charge in [0.15, 0.2) is 0 Å². The number of halogens is 1. The van der Waals surface area contributed by atoms with Crippen LogP contribution in [0.4, 0.5) is 14.9 Å². The molecule has 1 N–H and O–H groups in total. The summed E-state index contributed by atoms with van der Waals surface area (Å²) >= 11 is 0. The zero-order valence-electron chi connectivity index (χ0n) is 13.9. The summed E-state index contributed by atoms with van der Waals surface area (Å²) in [6.07, 6.45) is 0.309. The number of rotatable bonds is 3. The van der Waals surface area contributed by atoms with Crippen LogP contribution >= 0.6 is 0 Å². The van der Waals surface area contributed by atoms with Crippen LogP contribution in [0, 0.1) is 5.82 Å². The zero-order chi connectivity index (χ0) is 17.3. The smallest absolute Gasteiger partial charge is 0.442 e. The molecule has 1 heterocycles.